The van der Waals surface area contributed by atoms with Gasteiger partial charge in [-0.1, -0.05) is 70.4 Å². The van der Waals surface area contributed by atoms with Crippen LogP contribution in [0.15, 0.2) is 12.2 Å². The highest BCUT2D eigenvalue weighted by atomic mass is 16.4. The molecule has 1 N–H and O–H groups in total. The van der Waals surface area contributed by atoms with Gasteiger partial charge >= 0.3 is 5.97 Å². The van der Waals surface area contributed by atoms with Gasteiger partial charge in [0.15, 0.2) is 0 Å². The van der Waals surface area contributed by atoms with Crippen molar-refractivity contribution in [3.05, 3.63) is 12.2 Å². The van der Waals surface area contributed by atoms with Crippen LogP contribution in [0, 0.1) is 0 Å². The van der Waals surface area contributed by atoms with Crippen molar-refractivity contribution in [2.24, 2.45) is 0 Å². The van der Waals surface area contributed by atoms with Crippen LogP contribution in [0.2, 0.25) is 0 Å². The van der Waals surface area contributed by atoms with Gasteiger partial charge in [0.1, 0.15) is 5.78 Å². The third-order valence-electron chi connectivity index (χ3n) is 4.08. The van der Waals surface area contributed by atoms with E-state index in [1.54, 1.807) is 0 Å². The molecule has 0 aromatic heterocycles. The number of unbranched alkanes of at least 4 members (excludes halogenated alkanes) is 10. The van der Waals surface area contributed by atoms with E-state index in [0.29, 0.717) is 18.6 Å². The molecule has 23 heavy (non-hydrogen) atoms. The van der Waals surface area contributed by atoms with Crippen molar-refractivity contribution >= 4 is 11.8 Å². The fourth-order valence-electron chi connectivity index (χ4n) is 2.61. The third kappa shape index (κ3) is 18.8. The zero-order chi connectivity index (χ0) is 17.2. The fraction of sp³-hybridized carbons (Fsp3) is 0.800. The lowest BCUT2D eigenvalue weighted by molar-refractivity contribution is -0.137. The second kappa shape index (κ2) is 17.2. The number of hydrogen-bond acceptors (Lipinski definition) is 2. The fourth-order valence-corrected chi connectivity index (χ4v) is 2.61. The standard InChI is InChI=1S/C20H36O3/c1-2-3-4-13-16-19(21)17-14-11-9-7-5-6-8-10-12-15-18-20(22)23/h11,14H,2-10,12-13,15-18H2,1H3,(H,22,23). The number of carbonyl (C=O) groups excluding carboxylic acids is 1. The molecule has 0 rings (SSSR count). The molecule has 0 spiro atoms. The average Bonchev–Trinajstić information content (AvgIpc) is 2.52. The van der Waals surface area contributed by atoms with Crippen LogP contribution in [0.4, 0.5) is 0 Å². The van der Waals surface area contributed by atoms with Gasteiger partial charge in [0.2, 0.25) is 0 Å². The van der Waals surface area contributed by atoms with E-state index in [4.69, 9.17) is 5.11 Å². The maximum atomic E-state index is 11.6. The Kier molecular flexibility index (Phi) is 16.4. The Balaban J connectivity index is 3.24. The van der Waals surface area contributed by atoms with Gasteiger partial charge in [-0.2, -0.15) is 0 Å². The molecule has 0 saturated heterocycles. The van der Waals surface area contributed by atoms with Crippen LogP contribution in [-0.2, 0) is 9.59 Å². The van der Waals surface area contributed by atoms with E-state index >= 15 is 0 Å². The summed E-state index contributed by atoms with van der Waals surface area (Å²) in [5.41, 5.74) is 0. The number of Topliss-reactive ketones (excluding diaryl/α,β-unsaturated/α-hetero) is 1. The molecule has 3 heteroatoms. The number of allylic oxidation sites excluding steroid dienone is 2. The SMILES string of the molecule is CCCCCCC(=O)CC=CCCCCCCCCCC(=O)O. The van der Waals surface area contributed by atoms with E-state index in [0.717, 1.165) is 38.5 Å². The van der Waals surface area contributed by atoms with Crippen molar-refractivity contribution < 1.29 is 14.7 Å². The molecule has 0 amide bonds. The van der Waals surface area contributed by atoms with Crippen LogP contribution in [0.5, 0.6) is 0 Å². The van der Waals surface area contributed by atoms with Crippen LogP contribution in [0.25, 0.3) is 0 Å². The van der Waals surface area contributed by atoms with Gasteiger partial charge in [0.05, 0.1) is 0 Å². The molecule has 0 radical (unpaired) electrons. The highest BCUT2D eigenvalue weighted by Gasteiger charge is 1.98. The quantitative estimate of drug-likeness (QED) is 0.261. The normalized spacial score (nSPS) is 11.2. The van der Waals surface area contributed by atoms with E-state index in [1.165, 1.54) is 44.9 Å². The Morgan fingerprint density at radius 1 is 0.739 bits per heavy atom. The van der Waals surface area contributed by atoms with E-state index in [1.807, 2.05) is 6.08 Å². The first kappa shape index (κ1) is 21.9. The number of carbonyl (C=O) groups is 2. The summed E-state index contributed by atoms with van der Waals surface area (Å²) in [5, 5.41) is 8.53. The number of hydrogen-bond donors (Lipinski definition) is 1. The molecular formula is C20H36O3. The lowest BCUT2D eigenvalue weighted by Gasteiger charge is -2.00. The number of carboxylic acid groups (broad SMARTS) is 1. The highest BCUT2D eigenvalue weighted by molar-refractivity contribution is 5.79. The third-order valence-corrected chi connectivity index (χ3v) is 4.08. The topological polar surface area (TPSA) is 54.4 Å². The summed E-state index contributed by atoms with van der Waals surface area (Å²) >= 11 is 0. The Hall–Kier alpha value is -1.12. The van der Waals surface area contributed by atoms with Gasteiger partial charge in [-0.25, -0.2) is 0 Å². The summed E-state index contributed by atoms with van der Waals surface area (Å²) in [6.45, 7) is 2.18. The summed E-state index contributed by atoms with van der Waals surface area (Å²) < 4.78 is 0. The van der Waals surface area contributed by atoms with Gasteiger partial charge in [0.25, 0.3) is 0 Å². The zero-order valence-corrected chi connectivity index (χ0v) is 15.0. The Labute approximate surface area is 142 Å². The molecule has 0 unspecified atom stereocenters. The Bertz CT molecular complexity index is 321. The summed E-state index contributed by atoms with van der Waals surface area (Å²) in [4.78, 5) is 22.0. The minimum absolute atomic E-state index is 0.308. The Morgan fingerprint density at radius 2 is 1.30 bits per heavy atom. The molecule has 0 atom stereocenters. The molecule has 0 heterocycles. The molecule has 0 aliphatic rings. The summed E-state index contributed by atoms with van der Waals surface area (Å²) in [6.07, 6.45) is 19.5. The number of aliphatic carboxylic acids is 1. The van der Waals surface area contributed by atoms with Crippen molar-refractivity contribution in [3.8, 4) is 0 Å². The summed E-state index contributed by atoms with van der Waals surface area (Å²) in [5.74, 6) is -0.310. The summed E-state index contributed by atoms with van der Waals surface area (Å²) in [6, 6.07) is 0. The van der Waals surface area contributed by atoms with Crippen molar-refractivity contribution in [1.29, 1.82) is 0 Å². The minimum Gasteiger partial charge on any atom is -0.481 e. The van der Waals surface area contributed by atoms with Crippen LogP contribution in [-0.4, -0.2) is 16.9 Å². The van der Waals surface area contributed by atoms with Crippen LogP contribution in [0.3, 0.4) is 0 Å². The van der Waals surface area contributed by atoms with Gasteiger partial charge in [-0.15, -0.1) is 0 Å². The molecule has 0 aromatic rings. The lowest BCUT2D eigenvalue weighted by atomic mass is 10.1. The first-order chi connectivity index (χ1) is 11.2. The molecule has 0 aliphatic carbocycles. The van der Waals surface area contributed by atoms with Gasteiger partial charge in [-0.3, -0.25) is 9.59 Å². The second-order valence-electron chi connectivity index (χ2n) is 6.43. The average molecular weight is 325 g/mol. The predicted octanol–water partition coefficient (Wildman–Crippen LogP) is 6.07. The monoisotopic (exact) mass is 324 g/mol. The second-order valence-corrected chi connectivity index (χ2v) is 6.43. The molecule has 0 bridgehead atoms. The minimum atomic E-state index is -0.684. The van der Waals surface area contributed by atoms with Crippen molar-refractivity contribution in [1.82, 2.24) is 0 Å². The van der Waals surface area contributed by atoms with E-state index in [9.17, 15) is 9.59 Å². The molecule has 3 nitrogen and oxygen atoms in total. The molecule has 0 aliphatic heterocycles. The van der Waals surface area contributed by atoms with E-state index < -0.39 is 5.97 Å². The number of rotatable bonds is 17. The predicted molar refractivity (Wildman–Crippen MR) is 96.7 cm³/mol. The number of carboxylic acids is 1. The number of ketones is 1. The first-order valence-electron chi connectivity index (χ1n) is 9.55. The first-order valence-corrected chi connectivity index (χ1v) is 9.55. The van der Waals surface area contributed by atoms with Gasteiger partial charge < -0.3 is 5.11 Å². The lowest BCUT2D eigenvalue weighted by Crippen LogP contribution is -1.95. The summed E-state index contributed by atoms with van der Waals surface area (Å²) in [7, 11) is 0. The maximum absolute atomic E-state index is 11.6. The molecule has 0 aromatic carbocycles. The molecule has 0 saturated carbocycles. The molecule has 0 fully saturated rings. The van der Waals surface area contributed by atoms with Gasteiger partial charge in [-0.05, 0) is 25.7 Å². The van der Waals surface area contributed by atoms with Crippen molar-refractivity contribution in [2.75, 3.05) is 0 Å². The van der Waals surface area contributed by atoms with Crippen LogP contribution < -0.4 is 0 Å². The van der Waals surface area contributed by atoms with Crippen LogP contribution in [0.1, 0.15) is 103 Å². The molecular weight excluding hydrogens is 288 g/mol. The van der Waals surface area contributed by atoms with Crippen molar-refractivity contribution in [3.63, 3.8) is 0 Å². The molecule has 134 valence electrons. The van der Waals surface area contributed by atoms with Gasteiger partial charge in [0, 0.05) is 19.3 Å². The smallest absolute Gasteiger partial charge is 0.303 e. The van der Waals surface area contributed by atoms with Crippen molar-refractivity contribution in [2.45, 2.75) is 103 Å². The highest BCUT2D eigenvalue weighted by Crippen LogP contribution is 2.10. The Morgan fingerprint density at radius 3 is 1.96 bits per heavy atom. The van der Waals surface area contributed by atoms with E-state index in [2.05, 4.69) is 13.0 Å². The maximum Gasteiger partial charge on any atom is 0.303 e. The van der Waals surface area contributed by atoms with E-state index in [-0.39, 0.29) is 0 Å². The zero-order valence-electron chi connectivity index (χ0n) is 15.0. The van der Waals surface area contributed by atoms with Crippen LogP contribution >= 0.6 is 0 Å². The largest absolute Gasteiger partial charge is 0.481 e.